The highest BCUT2D eigenvalue weighted by atomic mass is 79.9. The van der Waals surface area contributed by atoms with Gasteiger partial charge in [-0.3, -0.25) is 0 Å². The van der Waals surface area contributed by atoms with Crippen LogP contribution in [0.15, 0.2) is 46.9 Å². The van der Waals surface area contributed by atoms with Gasteiger partial charge in [-0.15, -0.1) is 0 Å². The van der Waals surface area contributed by atoms with Crippen LogP contribution in [0.25, 0.3) is 11.1 Å². The lowest BCUT2D eigenvalue weighted by molar-refractivity contribution is -0.210. The van der Waals surface area contributed by atoms with Gasteiger partial charge in [-0.1, -0.05) is 46.3 Å². The van der Waals surface area contributed by atoms with E-state index in [1.807, 2.05) is 26.0 Å². The van der Waals surface area contributed by atoms with Crippen LogP contribution in [0.2, 0.25) is 0 Å². The summed E-state index contributed by atoms with van der Waals surface area (Å²) in [6.07, 6.45) is 0. The van der Waals surface area contributed by atoms with Crippen molar-refractivity contribution in [3.63, 3.8) is 0 Å². The summed E-state index contributed by atoms with van der Waals surface area (Å²) < 4.78 is 13.2. The third kappa shape index (κ3) is 1.93. The molecule has 0 aliphatic heterocycles. The molecule has 0 spiro atoms. The van der Waals surface area contributed by atoms with Gasteiger partial charge in [0.25, 0.3) is 0 Å². The Kier molecular flexibility index (Phi) is 3.67. The zero-order chi connectivity index (χ0) is 14.2. The maximum absolute atomic E-state index is 6.09. The molecule has 3 rings (SSSR count). The number of hydrogen-bond acceptors (Lipinski definition) is 2. The number of ether oxygens (including phenoxy) is 2. The van der Waals surface area contributed by atoms with Crippen LogP contribution >= 0.6 is 15.9 Å². The second-order valence-electron chi connectivity index (χ2n) is 4.72. The predicted molar refractivity (Wildman–Crippen MR) is 83.6 cm³/mol. The average Bonchev–Trinajstić information content (AvgIpc) is 2.71. The molecule has 20 heavy (non-hydrogen) atoms. The fourth-order valence-corrected chi connectivity index (χ4v) is 3.30. The zero-order valence-electron chi connectivity index (χ0n) is 11.7. The van der Waals surface area contributed by atoms with Gasteiger partial charge in [-0.05, 0) is 37.1 Å². The molecular formula is C17H17BrO2. The minimum Gasteiger partial charge on any atom is -0.342 e. The number of rotatable bonds is 4. The van der Waals surface area contributed by atoms with Crippen LogP contribution in [-0.2, 0) is 15.3 Å². The van der Waals surface area contributed by atoms with Gasteiger partial charge >= 0.3 is 0 Å². The number of halogens is 1. The molecule has 0 saturated heterocycles. The van der Waals surface area contributed by atoms with Gasteiger partial charge in [-0.25, -0.2) is 0 Å². The van der Waals surface area contributed by atoms with E-state index in [0.29, 0.717) is 13.2 Å². The lowest BCUT2D eigenvalue weighted by Gasteiger charge is -2.31. The van der Waals surface area contributed by atoms with E-state index in [9.17, 15) is 0 Å². The molecule has 2 aromatic rings. The van der Waals surface area contributed by atoms with E-state index >= 15 is 0 Å². The molecule has 0 heterocycles. The molecule has 0 unspecified atom stereocenters. The van der Waals surface area contributed by atoms with Crippen LogP contribution in [0.1, 0.15) is 25.0 Å². The van der Waals surface area contributed by atoms with E-state index in [0.717, 1.165) is 15.6 Å². The average molecular weight is 333 g/mol. The van der Waals surface area contributed by atoms with Gasteiger partial charge in [0.1, 0.15) is 0 Å². The van der Waals surface area contributed by atoms with Crippen LogP contribution in [0, 0.1) is 0 Å². The van der Waals surface area contributed by atoms with Crippen molar-refractivity contribution in [2.45, 2.75) is 19.6 Å². The molecule has 2 nitrogen and oxygen atoms in total. The number of fused-ring (bicyclic) bond motifs is 3. The van der Waals surface area contributed by atoms with E-state index < -0.39 is 5.79 Å². The maximum atomic E-state index is 6.09. The topological polar surface area (TPSA) is 18.5 Å². The number of benzene rings is 2. The molecule has 0 aromatic heterocycles. The lowest BCUT2D eigenvalue weighted by atomic mass is 10.0. The fraction of sp³-hybridized carbons (Fsp3) is 0.294. The Morgan fingerprint density at radius 2 is 1.55 bits per heavy atom. The monoisotopic (exact) mass is 332 g/mol. The van der Waals surface area contributed by atoms with E-state index in [1.54, 1.807) is 0 Å². The maximum Gasteiger partial charge on any atom is 0.223 e. The Labute approximate surface area is 127 Å². The molecule has 0 atom stereocenters. The predicted octanol–water partition coefficient (Wildman–Crippen LogP) is 4.70. The summed E-state index contributed by atoms with van der Waals surface area (Å²) >= 11 is 3.55. The molecule has 0 fully saturated rings. The summed E-state index contributed by atoms with van der Waals surface area (Å²) in [5, 5.41) is 0. The summed E-state index contributed by atoms with van der Waals surface area (Å²) in [5.74, 6) is -0.768. The van der Waals surface area contributed by atoms with Crippen molar-refractivity contribution in [2.24, 2.45) is 0 Å². The summed E-state index contributed by atoms with van der Waals surface area (Å²) in [7, 11) is 0. The van der Waals surface area contributed by atoms with Crippen molar-refractivity contribution in [1.82, 2.24) is 0 Å². The highest BCUT2D eigenvalue weighted by Gasteiger charge is 2.45. The molecule has 3 heteroatoms. The van der Waals surface area contributed by atoms with Crippen molar-refractivity contribution in [3.05, 3.63) is 58.1 Å². The number of hydrogen-bond donors (Lipinski definition) is 0. The zero-order valence-corrected chi connectivity index (χ0v) is 13.2. The van der Waals surface area contributed by atoms with Crippen LogP contribution in [0.5, 0.6) is 0 Å². The molecule has 2 aromatic carbocycles. The normalized spacial score (nSPS) is 14.9. The molecule has 0 N–H and O–H groups in total. The molecule has 0 bridgehead atoms. The van der Waals surface area contributed by atoms with Crippen LogP contribution in [0.3, 0.4) is 0 Å². The largest absolute Gasteiger partial charge is 0.342 e. The SMILES string of the molecule is CCOC1(OCC)c2ccccc2-c2cc(Br)ccc21. The molecule has 1 aliphatic carbocycles. The van der Waals surface area contributed by atoms with Crippen LogP contribution < -0.4 is 0 Å². The second kappa shape index (κ2) is 5.32. The second-order valence-corrected chi connectivity index (χ2v) is 5.63. The first-order valence-electron chi connectivity index (χ1n) is 6.90. The van der Waals surface area contributed by atoms with Crippen molar-refractivity contribution < 1.29 is 9.47 Å². The summed E-state index contributed by atoms with van der Waals surface area (Å²) in [6.45, 7) is 5.20. The summed E-state index contributed by atoms with van der Waals surface area (Å²) in [5.41, 5.74) is 4.55. The first kappa shape index (κ1) is 13.8. The van der Waals surface area contributed by atoms with Crippen LogP contribution in [0.4, 0.5) is 0 Å². The van der Waals surface area contributed by atoms with Gasteiger partial charge in [0.2, 0.25) is 5.79 Å². The Morgan fingerprint density at radius 3 is 2.25 bits per heavy atom. The van der Waals surface area contributed by atoms with E-state index in [1.165, 1.54) is 11.1 Å². The summed E-state index contributed by atoms with van der Waals surface area (Å²) in [6, 6.07) is 14.6. The Balaban J connectivity index is 2.30. The fourth-order valence-electron chi connectivity index (χ4n) is 2.94. The molecule has 104 valence electrons. The minimum atomic E-state index is -0.768. The van der Waals surface area contributed by atoms with Crippen molar-refractivity contribution >= 4 is 15.9 Å². The Bertz CT molecular complexity index is 631. The van der Waals surface area contributed by atoms with Gasteiger partial charge in [0.15, 0.2) is 0 Å². The van der Waals surface area contributed by atoms with Crippen LogP contribution in [-0.4, -0.2) is 13.2 Å². The van der Waals surface area contributed by atoms with Crippen molar-refractivity contribution in [2.75, 3.05) is 13.2 Å². The molecule has 0 radical (unpaired) electrons. The molecule has 0 amide bonds. The highest BCUT2D eigenvalue weighted by molar-refractivity contribution is 9.10. The van der Waals surface area contributed by atoms with Gasteiger partial charge in [-0.2, -0.15) is 0 Å². The van der Waals surface area contributed by atoms with E-state index in [2.05, 4.69) is 46.3 Å². The third-order valence-corrected chi connectivity index (χ3v) is 4.10. The third-order valence-electron chi connectivity index (χ3n) is 3.60. The quantitative estimate of drug-likeness (QED) is 0.755. The van der Waals surface area contributed by atoms with Gasteiger partial charge in [0.05, 0.1) is 0 Å². The molecular weight excluding hydrogens is 316 g/mol. The highest BCUT2D eigenvalue weighted by Crippen LogP contribution is 2.50. The Hall–Kier alpha value is -1.16. The van der Waals surface area contributed by atoms with Gasteiger partial charge in [0, 0.05) is 28.8 Å². The van der Waals surface area contributed by atoms with Crippen molar-refractivity contribution in [1.29, 1.82) is 0 Å². The van der Waals surface area contributed by atoms with Gasteiger partial charge < -0.3 is 9.47 Å². The van der Waals surface area contributed by atoms with E-state index in [-0.39, 0.29) is 0 Å². The standard InChI is InChI=1S/C17H17BrO2/c1-3-19-17(20-4-2)15-8-6-5-7-13(15)14-11-12(18)9-10-16(14)17/h5-11H,3-4H2,1-2H3. The van der Waals surface area contributed by atoms with E-state index in [4.69, 9.17) is 9.47 Å². The Morgan fingerprint density at radius 1 is 0.900 bits per heavy atom. The first-order chi connectivity index (χ1) is 9.73. The summed E-state index contributed by atoms with van der Waals surface area (Å²) in [4.78, 5) is 0. The molecule has 0 saturated carbocycles. The smallest absolute Gasteiger partial charge is 0.223 e. The van der Waals surface area contributed by atoms with Crippen molar-refractivity contribution in [3.8, 4) is 11.1 Å². The minimum absolute atomic E-state index is 0.601. The lowest BCUT2D eigenvalue weighted by Crippen LogP contribution is -2.32. The first-order valence-corrected chi connectivity index (χ1v) is 7.70. The molecule has 1 aliphatic rings.